The van der Waals surface area contributed by atoms with Crippen molar-refractivity contribution in [3.8, 4) is 0 Å². The Hall–Kier alpha value is -0.310. The van der Waals surface area contributed by atoms with Crippen LogP contribution in [0.3, 0.4) is 0 Å². The second kappa shape index (κ2) is 6.19. The summed E-state index contributed by atoms with van der Waals surface area (Å²) in [5.74, 6) is 0. The van der Waals surface area contributed by atoms with Crippen LogP contribution in [0.4, 0.5) is 0 Å². The van der Waals surface area contributed by atoms with Gasteiger partial charge in [-0.2, -0.15) is 0 Å². The Balaban J connectivity index is 2.10. The van der Waals surface area contributed by atoms with Crippen molar-refractivity contribution in [2.75, 3.05) is 0 Å². The first-order chi connectivity index (χ1) is 6.34. The van der Waals surface area contributed by atoms with E-state index in [1.165, 1.54) is 32.1 Å². The van der Waals surface area contributed by atoms with Crippen LogP contribution >= 0.6 is 15.9 Å². The van der Waals surface area contributed by atoms with Gasteiger partial charge < -0.3 is 4.57 Å². The van der Waals surface area contributed by atoms with Crippen molar-refractivity contribution >= 4 is 15.9 Å². The molecule has 0 saturated carbocycles. The Morgan fingerprint density at radius 2 is 2.08 bits per heavy atom. The fourth-order valence-corrected chi connectivity index (χ4v) is 1.78. The molecule has 1 aromatic rings. The first-order valence-corrected chi connectivity index (χ1v) is 5.80. The molecule has 0 radical (unpaired) electrons. The highest BCUT2D eigenvalue weighted by atomic mass is 79.9. The molecule has 0 bridgehead atoms. The topological polar surface area (TPSA) is 17.8 Å². The van der Waals surface area contributed by atoms with E-state index in [-0.39, 0.29) is 0 Å². The van der Waals surface area contributed by atoms with E-state index in [1.807, 2.05) is 12.4 Å². The molecule has 1 rings (SSSR count). The van der Waals surface area contributed by atoms with E-state index < -0.39 is 0 Å². The van der Waals surface area contributed by atoms with Crippen LogP contribution in [0.25, 0.3) is 0 Å². The van der Waals surface area contributed by atoms with Gasteiger partial charge >= 0.3 is 0 Å². The molecule has 0 atom stereocenters. The molecule has 0 spiro atoms. The van der Waals surface area contributed by atoms with Crippen LogP contribution in [0.1, 0.15) is 39.0 Å². The number of unbranched alkanes of at least 4 members (excludes halogenated alkanes) is 4. The zero-order valence-corrected chi connectivity index (χ0v) is 9.76. The molecule has 0 aromatic carbocycles. The minimum absolute atomic E-state index is 0.947. The molecular formula is C10H17BrN2. The second-order valence-corrected chi connectivity index (χ2v) is 4.01. The van der Waals surface area contributed by atoms with Crippen molar-refractivity contribution in [3.05, 3.63) is 17.1 Å². The minimum atomic E-state index is 0.947. The summed E-state index contributed by atoms with van der Waals surface area (Å²) < 4.78 is 3.09. The van der Waals surface area contributed by atoms with Gasteiger partial charge in [0.25, 0.3) is 0 Å². The van der Waals surface area contributed by atoms with Gasteiger partial charge in [-0.15, -0.1) is 0 Å². The van der Waals surface area contributed by atoms with Crippen LogP contribution in [0.15, 0.2) is 17.1 Å². The summed E-state index contributed by atoms with van der Waals surface area (Å²) in [5, 5.41) is 0. The molecule has 1 heterocycles. The highest BCUT2D eigenvalue weighted by Gasteiger charge is 1.96. The predicted octanol–water partition coefficient (Wildman–Crippen LogP) is 3.62. The van der Waals surface area contributed by atoms with Gasteiger partial charge in [0.1, 0.15) is 0 Å². The monoisotopic (exact) mass is 244 g/mol. The normalized spacial score (nSPS) is 10.6. The molecule has 0 amide bonds. The van der Waals surface area contributed by atoms with Crippen molar-refractivity contribution in [2.45, 2.75) is 45.6 Å². The van der Waals surface area contributed by atoms with Crippen molar-refractivity contribution in [2.24, 2.45) is 0 Å². The molecule has 0 N–H and O–H groups in total. The number of aromatic nitrogens is 2. The fraction of sp³-hybridized carbons (Fsp3) is 0.700. The minimum Gasteiger partial charge on any atom is -0.326 e. The molecule has 13 heavy (non-hydrogen) atoms. The number of imidazole rings is 1. The van der Waals surface area contributed by atoms with Crippen LogP contribution in [-0.4, -0.2) is 9.55 Å². The van der Waals surface area contributed by atoms with Gasteiger partial charge in [-0.25, -0.2) is 4.98 Å². The van der Waals surface area contributed by atoms with Gasteiger partial charge in [0.2, 0.25) is 0 Å². The van der Waals surface area contributed by atoms with E-state index >= 15 is 0 Å². The van der Waals surface area contributed by atoms with Gasteiger partial charge in [0.15, 0.2) is 4.73 Å². The van der Waals surface area contributed by atoms with Gasteiger partial charge in [0.05, 0.1) is 0 Å². The van der Waals surface area contributed by atoms with Crippen LogP contribution in [0, 0.1) is 0 Å². The molecule has 3 heteroatoms. The summed E-state index contributed by atoms with van der Waals surface area (Å²) in [4.78, 5) is 4.11. The third-order valence-corrected chi connectivity index (χ3v) is 2.83. The molecule has 0 aliphatic heterocycles. The van der Waals surface area contributed by atoms with E-state index in [2.05, 4.69) is 32.4 Å². The molecule has 0 aliphatic carbocycles. The van der Waals surface area contributed by atoms with E-state index in [4.69, 9.17) is 0 Å². The smallest absolute Gasteiger partial charge is 0.177 e. The van der Waals surface area contributed by atoms with Crippen LogP contribution in [-0.2, 0) is 6.54 Å². The van der Waals surface area contributed by atoms with E-state index in [1.54, 1.807) is 0 Å². The Kier molecular flexibility index (Phi) is 5.13. The van der Waals surface area contributed by atoms with Crippen molar-refractivity contribution in [1.29, 1.82) is 0 Å². The second-order valence-electron chi connectivity index (χ2n) is 3.30. The molecule has 0 saturated heterocycles. The molecule has 0 fully saturated rings. The summed E-state index contributed by atoms with van der Waals surface area (Å²) in [5.41, 5.74) is 0. The third-order valence-electron chi connectivity index (χ3n) is 2.17. The molecular weight excluding hydrogens is 228 g/mol. The van der Waals surface area contributed by atoms with Crippen LogP contribution in [0.2, 0.25) is 0 Å². The van der Waals surface area contributed by atoms with Crippen LogP contribution in [0.5, 0.6) is 0 Å². The number of hydrogen-bond donors (Lipinski definition) is 0. The quantitative estimate of drug-likeness (QED) is 0.700. The Morgan fingerprint density at radius 1 is 1.31 bits per heavy atom. The maximum Gasteiger partial charge on any atom is 0.177 e. The summed E-state index contributed by atoms with van der Waals surface area (Å²) in [6.07, 6.45) is 10.5. The van der Waals surface area contributed by atoms with Crippen molar-refractivity contribution < 1.29 is 0 Å². The van der Waals surface area contributed by atoms with Crippen molar-refractivity contribution in [3.63, 3.8) is 0 Å². The number of nitrogens with zero attached hydrogens (tertiary/aromatic N) is 2. The van der Waals surface area contributed by atoms with Gasteiger partial charge in [-0.1, -0.05) is 32.6 Å². The summed E-state index contributed by atoms with van der Waals surface area (Å²) >= 11 is 3.40. The Morgan fingerprint density at radius 3 is 2.69 bits per heavy atom. The van der Waals surface area contributed by atoms with Gasteiger partial charge in [-0.3, -0.25) is 0 Å². The lowest BCUT2D eigenvalue weighted by Gasteiger charge is -2.02. The highest BCUT2D eigenvalue weighted by Crippen LogP contribution is 2.09. The zero-order chi connectivity index (χ0) is 9.52. The summed E-state index contributed by atoms with van der Waals surface area (Å²) in [6, 6.07) is 0. The fourth-order valence-electron chi connectivity index (χ4n) is 1.36. The molecule has 74 valence electrons. The number of halogens is 1. The van der Waals surface area contributed by atoms with Gasteiger partial charge in [-0.05, 0) is 22.4 Å². The third kappa shape index (κ3) is 3.94. The van der Waals surface area contributed by atoms with E-state index in [0.29, 0.717) is 0 Å². The van der Waals surface area contributed by atoms with Gasteiger partial charge in [0, 0.05) is 18.9 Å². The Bertz CT molecular complexity index is 233. The lowest BCUT2D eigenvalue weighted by Crippen LogP contribution is -1.96. The zero-order valence-electron chi connectivity index (χ0n) is 8.17. The molecule has 1 aromatic heterocycles. The maximum absolute atomic E-state index is 4.11. The molecule has 0 aliphatic rings. The number of rotatable bonds is 6. The van der Waals surface area contributed by atoms with Crippen molar-refractivity contribution in [1.82, 2.24) is 9.55 Å². The first-order valence-electron chi connectivity index (χ1n) is 5.01. The molecule has 0 unspecified atom stereocenters. The van der Waals surface area contributed by atoms with E-state index in [9.17, 15) is 0 Å². The Labute approximate surface area is 88.5 Å². The largest absolute Gasteiger partial charge is 0.326 e. The standard InChI is InChI=1S/C10H17BrN2/c1-2-3-4-5-6-8-13-9-7-12-10(13)11/h7,9H,2-6,8H2,1H3. The number of aryl methyl sites for hydroxylation is 1. The first kappa shape index (κ1) is 10.8. The average molecular weight is 245 g/mol. The highest BCUT2D eigenvalue weighted by molar-refractivity contribution is 9.10. The molecule has 2 nitrogen and oxygen atoms in total. The van der Waals surface area contributed by atoms with Crippen LogP contribution < -0.4 is 0 Å². The SMILES string of the molecule is CCCCCCCn1ccnc1Br. The summed E-state index contributed by atoms with van der Waals surface area (Å²) in [7, 11) is 0. The lowest BCUT2D eigenvalue weighted by molar-refractivity contribution is 0.562. The summed E-state index contributed by atoms with van der Waals surface area (Å²) in [6.45, 7) is 3.33. The number of hydrogen-bond acceptors (Lipinski definition) is 1. The van der Waals surface area contributed by atoms with E-state index in [0.717, 1.165) is 11.3 Å². The maximum atomic E-state index is 4.11. The average Bonchev–Trinajstić information content (AvgIpc) is 2.52. The lowest BCUT2D eigenvalue weighted by atomic mass is 10.1. The predicted molar refractivity (Wildman–Crippen MR) is 58.7 cm³/mol.